The molecule has 0 fully saturated rings. The van der Waals surface area contributed by atoms with Crippen molar-refractivity contribution in [2.24, 2.45) is 0 Å². The number of benzene rings is 2. The van der Waals surface area contributed by atoms with Crippen molar-refractivity contribution >= 4 is 33.3 Å². The van der Waals surface area contributed by atoms with E-state index in [4.69, 9.17) is 4.74 Å². The molecule has 0 spiro atoms. The molecule has 0 bridgehead atoms. The molecule has 2 amide bonds. The zero-order chi connectivity index (χ0) is 22.5. The molecule has 0 saturated carbocycles. The average Bonchev–Trinajstić information content (AvgIpc) is 2.72. The summed E-state index contributed by atoms with van der Waals surface area (Å²) in [5, 5.41) is 2.48. The number of sulfone groups is 1. The highest BCUT2D eigenvalue weighted by Gasteiger charge is 2.26. The van der Waals surface area contributed by atoms with Gasteiger partial charge in [0.15, 0.2) is 6.61 Å². The van der Waals surface area contributed by atoms with Gasteiger partial charge < -0.3 is 15.0 Å². The van der Waals surface area contributed by atoms with E-state index < -0.39 is 39.0 Å². The molecule has 30 heavy (non-hydrogen) atoms. The Bertz CT molecular complexity index is 1040. The first-order valence-corrected chi connectivity index (χ1v) is 9.98. The van der Waals surface area contributed by atoms with Crippen molar-refractivity contribution in [2.45, 2.75) is 10.7 Å². The highest BCUT2D eigenvalue weighted by molar-refractivity contribution is 7.91. The Kier molecular flexibility index (Phi) is 7.22. The summed E-state index contributed by atoms with van der Waals surface area (Å²) in [6.45, 7) is -0.631. The first kappa shape index (κ1) is 22.9. The lowest BCUT2D eigenvalue weighted by Gasteiger charge is -2.11. The van der Waals surface area contributed by atoms with Gasteiger partial charge in [0.05, 0.1) is 10.5 Å². The quantitative estimate of drug-likeness (QED) is 0.661. The fraction of sp³-hybridized carbons (Fsp3) is 0.211. The Hall–Kier alpha value is -3.34. The van der Waals surface area contributed by atoms with Gasteiger partial charge in [0.2, 0.25) is 9.84 Å². The van der Waals surface area contributed by atoms with Crippen LogP contribution < -0.4 is 5.32 Å². The molecule has 0 aliphatic heterocycles. The molecule has 0 aromatic heterocycles. The standard InChI is InChI=1S/C19H18F2N2O6S/c1-23(2)17(25)12-3-7-14(8-4-12)22-16(24)11-29-18(26)13-5-9-15(10-6-13)30(27,28)19(20)21/h3-10,19H,11H2,1-2H3,(H,22,24). The smallest absolute Gasteiger partial charge is 0.341 e. The van der Waals surface area contributed by atoms with Crippen LogP contribution in [0.15, 0.2) is 53.4 Å². The number of alkyl halides is 2. The largest absolute Gasteiger partial charge is 0.452 e. The van der Waals surface area contributed by atoms with Crippen LogP contribution in [0.2, 0.25) is 0 Å². The monoisotopic (exact) mass is 440 g/mol. The van der Waals surface area contributed by atoms with Crippen LogP contribution in [0.5, 0.6) is 0 Å². The summed E-state index contributed by atoms with van der Waals surface area (Å²) in [5.41, 5.74) is 0.706. The van der Waals surface area contributed by atoms with Gasteiger partial charge >= 0.3 is 11.7 Å². The zero-order valence-electron chi connectivity index (χ0n) is 16.0. The molecule has 1 N–H and O–H groups in total. The number of hydrogen-bond donors (Lipinski definition) is 1. The summed E-state index contributed by atoms with van der Waals surface area (Å²) < 4.78 is 52.5. The lowest BCUT2D eigenvalue weighted by atomic mass is 10.2. The van der Waals surface area contributed by atoms with Crippen LogP contribution in [0, 0.1) is 0 Å². The Morgan fingerprint density at radius 2 is 1.50 bits per heavy atom. The number of nitrogens with one attached hydrogen (secondary N) is 1. The van der Waals surface area contributed by atoms with Gasteiger partial charge in [-0.1, -0.05) is 0 Å². The summed E-state index contributed by atoms with van der Waals surface area (Å²) in [5.74, 6) is -5.35. The number of carbonyl (C=O) groups is 3. The fourth-order valence-corrected chi connectivity index (χ4v) is 2.97. The maximum absolute atomic E-state index is 12.5. The third kappa shape index (κ3) is 5.60. The zero-order valence-corrected chi connectivity index (χ0v) is 16.8. The van der Waals surface area contributed by atoms with Gasteiger partial charge in [0, 0.05) is 25.3 Å². The van der Waals surface area contributed by atoms with Gasteiger partial charge in [0.1, 0.15) is 0 Å². The average molecular weight is 440 g/mol. The minimum absolute atomic E-state index is 0.109. The highest BCUT2D eigenvalue weighted by Crippen LogP contribution is 2.19. The minimum atomic E-state index is -4.77. The highest BCUT2D eigenvalue weighted by atomic mass is 32.2. The summed E-state index contributed by atoms with van der Waals surface area (Å²) in [6, 6.07) is 9.81. The number of esters is 1. The number of anilines is 1. The van der Waals surface area contributed by atoms with Crippen LogP contribution in [0.3, 0.4) is 0 Å². The number of hydrogen-bond acceptors (Lipinski definition) is 6. The fourth-order valence-electron chi connectivity index (χ4n) is 2.25. The van der Waals surface area contributed by atoms with E-state index >= 15 is 0 Å². The van der Waals surface area contributed by atoms with Gasteiger partial charge in [-0.25, -0.2) is 13.2 Å². The van der Waals surface area contributed by atoms with E-state index in [1.54, 1.807) is 14.1 Å². The van der Waals surface area contributed by atoms with Gasteiger partial charge in [-0.05, 0) is 48.5 Å². The maximum Gasteiger partial charge on any atom is 0.341 e. The molecule has 0 unspecified atom stereocenters. The van der Waals surface area contributed by atoms with Crippen molar-refractivity contribution < 1.29 is 36.3 Å². The molecule has 2 aromatic rings. The Morgan fingerprint density at radius 1 is 0.967 bits per heavy atom. The number of nitrogens with zero attached hydrogens (tertiary/aromatic N) is 1. The summed E-state index contributed by atoms with van der Waals surface area (Å²) >= 11 is 0. The van der Waals surface area contributed by atoms with Crippen LogP contribution in [0.4, 0.5) is 14.5 Å². The van der Waals surface area contributed by atoms with Crippen molar-refractivity contribution in [1.82, 2.24) is 4.90 Å². The summed E-state index contributed by atoms with van der Waals surface area (Å²) in [7, 11) is -1.55. The predicted octanol–water partition coefficient (Wildman–Crippen LogP) is 2.18. The number of carbonyl (C=O) groups excluding carboxylic acids is 3. The molecular weight excluding hydrogens is 422 g/mol. The van der Waals surface area contributed by atoms with E-state index in [1.807, 2.05) is 0 Å². The molecule has 8 nitrogen and oxygen atoms in total. The SMILES string of the molecule is CN(C)C(=O)c1ccc(NC(=O)COC(=O)c2ccc(S(=O)(=O)C(F)F)cc2)cc1. The predicted molar refractivity (Wildman–Crippen MR) is 103 cm³/mol. The number of amides is 2. The first-order valence-electron chi connectivity index (χ1n) is 8.43. The molecule has 0 saturated heterocycles. The third-order valence-corrected chi connectivity index (χ3v) is 5.21. The molecule has 0 radical (unpaired) electrons. The Balaban J connectivity index is 1.92. The summed E-state index contributed by atoms with van der Waals surface area (Å²) in [6.07, 6.45) is 0. The molecule has 2 rings (SSSR count). The van der Waals surface area contributed by atoms with Crippen molar-refractivity contribution in [2.75, 3.05) is 26.0 Å². The third-order valence-electron chi connectivity index (χ3n) is 3.81. The molecule has 0 aliphatic rings. The van der Waals surface area contributed by atoms with E-state index in [-0.39, 0.29) is 11.5 Å². The van der Waals surface area contributed by atoms with Crippen LogP contribution >= 0.6 is 0 Å². The Labute approximate surface area is 171 Å². The molecule has 0 heterocycles. The van der Waals surface area contributed by atoms with Gasteiger partial charge in [0.25, 0.3) is 11.8 Å². The molecule has 0 aliphatic carbocycles. The summed E-state index contributed by atoms with van der Waals surface area (Å²) in [4.78, 5) is 36.4. The van der Waals surface area contributed by atoms with Crippen molar-refractivity contribution in [3.05, 3.63) is 59.7 Å². The molecule has 160 valence electrons. The van der Waals surface area contributed by atoms with E-state index in [0.717, 1.165) is 24.3 Å². The van der Waals surface area contributed by atoms with E-state index in [9.17, 15) is 31.6 Å². The maximum atomic E-state index is 12.5. The number of halogens is 2. The topological polar surface area (TPSA) is 110 Å². The first-order chi connectivity index (χ1) is 14.0. The number of ether oxygens (including phenoxy) is 1. The lowest BCUT2D eigenvalue weighted by Crippen LogP contribution is -2.22. The Morgan fingerprint density at radius 3 is 2.00 bits per heavy atom. The van der Waals surface area contributed by atoms with E-state index in [0.29, 0.717) is 11.3 Å². The van der Waals surface area contributed by atoms with Crippen LogP contribution in [0.25, 0.3) is 0 Å². The van der Waals surface area contributed by atoms with Crippen LogP contribution in [-0.2, 0) is 19.4 Å². The van der Waals surface area contributed by atoms with Crippen molar-refractivity contribution in [1.29, 1.82) is 0 Å². The minimum Gasteiger partial charge on any atom is -0.452 e. The second-order valence-electron chi connectivity index (χ2n) is 6.23. The van der Waals surface area contributed by atoms with Crippen molar-refractivity contribution in [3.63, 3.8) is 0 Å². The normalized spacial score (nSPS) is 11.1. The second kappa shape index (κ2) is 9.44. The number of rotatable bonds is 7. The van der Waals surface area contributed by atoms with Crippen LogP contribution in [0.1, 0.15) is 20.7 Å². The van der Waals surface area contributed by atoms with Gasteiger partial charge in [-0.3, -0.25) is 9.59 Å². The van der Waals surface area contributed by atoms with Gasteiger partial charge in [-0.15, -0.1) is 0 Å². The van der Waals surface area contributed by atoms with Gasteiger partial charge in [-0.2, -0.15) is 8.78 Å². The van der Waals surface area contributed by atoms with E-state index in [2.05, 4.69) is 5.32 Å². The second-order valence-corrected chi connectivity index (χ2v) is 8.15. The van der Waals surface area contributed by atoms with E-state index in [1.165, 1.54) is 29.2 Å². The molecule has 2 aromatic carbocycles. The molecular formula is C19H18F2N2O6S. The molecule has 11 heteroatoms. The lowest BCUT2D eigenvalue weighted by molar-refractivity contribution is -0.119. The van der Waals surface area contributed by atoms with Crippen LogP contribution in [-0.4, -0.2) is 57.6 Å². The van der Waals surface area contributed by atoms with Crippen molar-refractivity contribution in [3.8, 4) is 0 Å². The molecule has 0 atom stereocenters.